The minimum absolute atomic E-state index is 0.0558. The topological polar surface area (TPSA) is 75.7 Å². The Morgan fingerprint density at radius 3 is 2.37 bits per heavy atom. The van der Waals surface area contributed by atoms with Crippen LogP contribution in [0.2, 0.25) is 0 Å². The van der Waals surface area contributed by atoms with E-state index in [-0.39, 0.29) is 10.8 Å². The lowest BCUT2D eigenvalue weighted by molar-refractivity contribution is -0.120. The first kappa shape index (κ1) is 20.9. The van der Waals surface area contributed by atoms with Gasteiger partial charge in [0.25, 0.3) is 0 Å². The molecule has 0 saturated heterocycles. The van der Waals surface area contributed by atoms with Gasteiger partial charge in [0.2, 0.25) is 15.9 Å². The molecule has 0 aromatic heterocycles. The lowest BCUT2D eigenvalue weighted by Crippen LogP contribution is -2.29. The molecule has 2 aromatic rings. The van der Waals surface area contributed by atoms with Gasteiger partial charge in [-0.1, -0.05) is 23.8 Å². The number of hydrogen-bond acceptors (Lipinski definition) is 4. The molecule has 0 bridgehead atoms. The molecule has 0 atom stereocenters. The van der Waals surface area contributed by atoms with Crippen molar-refractivity contribution in [1.82, 2.24) is 9.62 Å². The van der Waals surface area contributed by atoms with Gasteiger partial charge >= 0.3 is 0 Å². The van der Waals surface area contributed by atoms with Gasteiger partial charge in [0, 0.05) is 14.1 Å². The number of ether oxygens (including phenoxy) is 1. The summed E-state index contributed by atoms with van der Waals surface area (Å²) < 4.78 is 30.7. The van der Waals surface area contributed by atoms with Crippen LogP contribution in [0.1, 0.15) is 16.7 Å². The molecule has 0 aliphatic heterocycles. The predicted molar refractivity (Wildman–Crippen MR) is 105 cm³/mol. The van der Waals surface area contributed by atoms with Crippen LogP contribution in [0.5, 0.6) is 5.75 Å². The molecule has 2 rings (SSSR count). The number of hydrogen-bond donors (Lipinski definition) is 1. The van der Waals surface area contributed by atoms with E-state index in [0.29, 0.717) is 25.3 Å². The molecule has 0 saturated carbocycles. The molecule has 1 N–H and O–H groups in total. The van der Waals surface area contributed by atoms with Gasteiger partial charge in [-0.15, -0.1) is 0 Å². The summed E-state index contributed by atoms with van der Waals surface area (Å²) >= 11 is 0. The van der Waals surface area contributed by atoms with Crippen molar-refractivity contribution in [2.45, 2.75) is 25.2 Å². The van der Waals surface area contributed by atoms with Crippen molar-refractivity contribution in [3.05, 3.63) is 59.2 Å². The molecule has 0 aliphatic rings. The second-order valence-electron chi connectivity index (χ2n) is 6.56. The number of nitrogens with one attached hydrogen (secondary N) is 1. The minimum atomic E-state index is -3.45. The van der Waals surface area contributed by atoms with Gasteiger partial charge in [0.1, 0.15) is 12.4 Å². The van der Waals surface area contributed by atoms with Crippen molar-refractivity contribution in [3.8, 4) is 5.75 Å². The molecule has 2 aromatic carbocycles. The highest BCUT2D eigenvalue weighted by atomic mass is 32.2. The first-order valence-corrected chi connectivity index (χ1v) is 10.1. The standard InChI is InChI=1S/C20H26N2O4S/c1-15-5-6-16(2)17(13-15)14-20(23)21-11-12-26-18-7-9-19(10-8-18)27(24,25)22(3)4/h5-10,13H,11-12,14H2,1-4H3,(H,21,23). The largest absolute Gasteiger partial charge is 0.492 e. The van der Waals surface area contributed by atoms with Gasteiger partial charge in [-0.05, 0) is 49.2 Å². The number of sulfonamides is 1. The van der Waals surface area contributed by atoms with Crippen LogP contribution in [0.3, 0.4) is 0 Å². The van der Waals surface area contributed by atoms with Gasteiger partial charge in [0.15, 0.2) is 0 Å². The first-order valence-electron chi connectivity index (χ1n) is 8.68. The molecular weight excluding hydrogens is 364 g/mol. The van der Waals surface area contributed by atoms with Gasteiger partial charge in [-0.2, -0.15) is 0 Å². The second kappa shape index (κ2) is 9.01. The smallest absolute Gasteiger partial charge is 0.242 e. The van der Waals surface area contributed by atoms with Gasteiger partial charge < -0.3 is 10.1 Å². The third-order valence-electron chi connectivity index (χ3n) is 4.15. The Morgan fingerprint density at radius 2 is 1.74 bits per heavy atom. The Labute approximate surface area is 161 Å². The van der Waals surface area contributed by atoms with Crippen LogP contribution in [0.25, 0.3) is 0 Å². The Kier molecular flexibility index (Phi) is 6.98. The Hall–Kier alpha value is -2.38. The van der Waals surface area contributed by atoms with Crippen LogP contribution in [0, 0.1) is 13.8 Å². The van der Waals surface area contributed by atoms with Gasteiger partial charge in [-0.25, -0.2) is 12.7 Å². The monoisotopic (exact) mass is 390 g/mol. The summed E-state index contributed by atoms with van der Waals surface area (Å²) in [6.07, 6.45) is 0.338. The fourth-order valence-corrected chi connectivity index (χ4v) is 3.41. The Bertz CT molecular complexity index is 891. The molecule has 7 heteroatoms. The molecule has 0 unspecified atom stereocenters. The molecule has 0 aliphatic carbocycles. The van der Waals surface area contributed by atoms with E-state index in [9.17, 15) is 13.2 Å². The fourth-order valence-electron chi connectivity index (χ4n) is 2.50. The van der Waals surface area contributed by atoms with E-state index in [1.54, 1.807) is 12.1 Å². The minimum Gasteiger partial charge on any atom is -0.492 e. The van der Waals surface area contributed by atoms with Crippen LogP contribution in [0.4, 0.5) is 0 Å². The lowest BCUT2D eigenvalue weighted by atomic mass is 10.0. The second-order valence-corrected chi connectivity index (χ2v) is 8.72. The Balaban J connectivity index is 1.80. The highest BCUT2D eigenvalue weighted by Gasteiger charge is 2.16. The summed E-state index contributed by atoms with van der Waals surface area (Å²) in [6, 6.07) is 12.3. The number of nitrogens with zero attached hydrogens (tertiary/aromatic N) is 1. The van der Waals surface area contributed by atoms with E-state index in [2.05, 4.69) is 5.32 Å². The van der Waals surface area contributed by atoms with Crippen molar-refractivity contribution < 1.29 is 17.9 Å². The molecule has 1 amide bonds. The van der Waals surface area contributed by atoms with Crippen molar-refractivity contribution >= 4 is 15.9 Å². The number of aryl methyl sites for hydroxylation is 2. The lowest BCUT2D eigenvalue weighted by Gasteiger charge is -2.12. The number of benzene rings is 2. The van der Waals surface area contributed by atoms with Crippen LogP contribution in [-0.4, -0.2) is 45.9 Å². The maximum absolute atomic E-state index is 12.1. The Morgan fingerprint density at radius 1 is 1.07 bits per heavy atom. The van der Waals surface area contributed by atoms with E-state index < -0.39 is 10.0 Å². The van der Waals surface area contributed by atoms with Crippen LogP contribution >= 0.6 is 0 Å². The first-order chi connectivity index (χ1) is 12.7. The summed E-state index contributed by atoms with van der Waals surface area (Å²) in [7, 11) is -0.472. The summed E-state index contributed by atoms with van der Waals surface area (Å²) in [5, 5.41) is 2.83. The average molecular weight is 391 g/mol. The van der Waals surface area contributed by atoms with E-state index in [0.717, 1.165) is 21.0 Å². The number of carbonyl (C=O) groups is 1. The summed E-state index contributed by atoms with van der Waals surface area (Å²) in [5.74, 6) is 0.496. The van der Waals surface area contributed by atoms with Crippen LogP contribution in [-0.2, 0) is 21.2 Å². The average Bonchev–Trinajstić information content (AvgIpc) is 2.62. The van der Waals surface area contributed by atoms with E-state index in [1.165, 1.54) is 26.2 Å². The molecule has 0 spiro atoms. The quantitative estimate of drug-likeness (QED) is 0.702. The SMILES string of the molecule is Cc1ccc(C)c(CC(=O)NCCOc2ccc(S(=O)(=O)N(C)C)cc2)c1. The number of amides is 1. The van der Waals surface area contributed by atoms with Gasteiger partial charge in [0.05, 0.1) is 17.9 Å². The third-order valence-corrected chi connectivity index (χ3v) is 5.98. The van der Waals surface area contributed by atoms with Crippen molar-refractivity contribution in [2.24, 2.45) is 0 Å². The zero-order valence-electron chi connectivity index (χ0n) is 16.2. The number of rotatable bonds is 8. The summed E-state index contributed by atoms with van der Waals surface area (Å²) in [5.41, 5.74) is 3.25. The van der Waals surface area contributed by atoms with Crippen LogP contribution in [0.15, 0.2) is 47.4 Å². The molecule has 146 valence electrons. The molecular formula is C20H26N2O4S. The van der Waals surface area contributed by atoms with E-state index in [1.807, 2.05) is 32.0 Å². The molecule has 0 radical (unpaired) electrons. The predicted octanol–water partition coefficient (Wildman–Crippen LogP) is 2.29. The normalized spacial score (nSPS) is 11.4. The fraction of sp³-hybridized carbons (Fsp3) is 0.350. The van der Waals surface area contributed by atoms with E-state index in [4.69, 9.17) is 4.74 Å². The molecule has 0 heterocycles. The van der Waals surface area contributed by atoms with Crippen molar-refractivity contribution in [2.75, 3.05) is 27.2 Å². The summed E-state index contributed by atoms with van der Waals surface area (Å²) in [4.78, 5) is 12.3. The maximum Gasteiger partial charge on any atom is 0.242 e. The molecule has 6 nitrogen and oxygen atoms in total. The van der Waals surface area contributed by atoms with Crippen LogP contribution < -0.4 is 10.1 Å². The highest BCUT2D eigenvalue weighted by Crippen LogP contribution is 2.18. The zero-order chi connectivity index (χ0) is 20.0. The molecule has 27 heavy (non-hydrogen) atoms. The maximum atomic E-state index is 12.1. The third kappa shape index (κ3) is 5.80. The van der Waals surface area contributed by atoms with Crippen molar-refractivity contribution in [1.29, 1.82) is 0 Å². The summed E-state index contributed by atoms with van der Waals surface area (Å²) in [6.45, 7) is 4.68. The number of carbonyl (C=O) groups excluding carboxylic acids is 1. The van der Waals surface area contributed by atoms with E-state index >= 15 is 0 Å². The molecule has 0 fully saturated rings. The van der Waals surface area contributed by atoms with Crippen molar-refractivity contribution in [3.63, 3.8) is 0 Å². The zero-order valence-corrected chi connectivity index (χ0v) is 17.0. The van der Waals surface area contributed by atoms with Gasteiger partial charge in [-0.3, -0.25) is 4.79 Å². The highest BCUT2D eigenvalue weighted by molar-refractivity contribution is 7.89.